The van der Waals surface area contributed by atoms with Crippen LogP contribution in [0.25, 0.3) is 0 Å². The van der Waals surface area contributed by atoms with Crippen LogP contribution in [0.15, 0.2) is 36.4 Å². The summed E-state index contributed by atoms with van der Waals surface area (Å²) in [6, 6.07) is 9.43. The largest absolute Gasteiger partial charge is 0.481 e. The van der Waals surface area contributed by atoms with Crippen LogP contribution in [0.4, 0.5) is 0 Å². The summed E-state index contributed by atoms with van der Waals surface area (Å²) in [4.78, 5) is 11.5. The van der Waals surface area contributed by atoms with Crippen molar-refractivity contribution in [3.63, 3.8) is 0 Å². The molecule has 0 aromatic heterocycles. The first-order valence-electron chi connectivity index (χ1n) is 5.53. The molecule has 0 saturated heterocycles. The molecular weight excluding hydrogens is 342 g/mol. The number of carbonyl (C=O) groups is 1. The van der Waals surface area contributed by atoms with E-state index in [2.05, 4.69) is 0 Å². The Hall–Kier alpha value is -0.930. The van der Waals surface area contributed by atoms with Gasteiger partial charge in [0.1, 0.15) is 5.92 Å². The molecule has 0 bridgehead atoms. The van der Waals surface area contributed by atoms with Gasteiger partial charge in [0.05, 0.1) is 20.1 Å². The Morgan fingerprint density at radius 2 is 1.20 bits per heavy atom. The Bertz CT molecular complexity index is 619. The van der Waals surface area contributed by atoms with Crippen molar-refractivity contribution in [3.8, 4) is 0 Å². The van der Waals surface area contributed by atoms with Crippen LogP contribution in [0, 0.1) is 0 Å². The van der Waals surface area contributed by atoms with Gasteiger partial charge in [0.25, 0.3) is 0 Å². The third-order valence-electron chi connectivity index (χ3n) is 2.80. The van der Waals surface area contributed by atoms with Crippen LogP contribution >= 0.6 is 46.4 Å². The van der Waals surface area contributed by atoms with Crippen molar-refractivity contribution < 1.29 is 9.90 Å². The standard InChI is InChI=1S/C14H8Cl4O2/c15-9-3-1-7(5-11(9)17)13(14(19)20)8-2-4-10(16)12(18)6-8/h1-6,13H,(H,19,20). The van der Waals surface area contributed by atoms with Gasteiger partial charge >= 0.3 is 5.97 Å². The average Bonchev–Trinajstić information content (AvgIpc) is 2.38. The fraction of sp³-hybridized carbons (Fsp3) is 0.0714. The number of aliphatic carboxylic acids is 1. The lowest BCUT2D eigenvalue weighted by Gasteiger charge is -2.14. The highest BCUT2D eigenvalue weighted by Gasteiger charge is 2.23. The molecule has 0 radical (unpaired) electrons. The zero-order valence-corrected chi connectivity index (χ0v) is 12.9. The van der Waals surface area contributed by atoms with Gasteiger partial charge in [-0.1, -0.05) is 58.5 Å². The van der Waals surface area contributed by atoms with E-state index in [4.69, 9.17) is 46.4 Å². The van der Waals surface area contributed by atoms with E-state index < -0.39 is 11.9 Å². The van der Waals surface area contributed by atoms with E-state index >= 15 is 0 Å². The van der Waals surface area contributed by atoms with E-state index in [9.17, 15) is 9.90 Å². The molecule has 0 aliphatic carbocycles. The number of hydrogen-bond acceptors (Lipinski definition) is 1. The van der Waals surface area contributed by atoms with Crippen molar-refractivity contribution in [2.75, 3.05) is 0 Å². The molecule has 2 rings (SSSR count). The van der Waals surface area contributed by atoms with E-state index in [0.717, 1.165) is 0 Å². The van der Waals surface area contributed by atoms with Crippen LogP contribution in [0.5, 0.6) is 0 Å². The summed E-state index contributed by atoms with van der Waals surface area (Å²) in [5, 5.41) is 10.8. The molecule has 0 amide bonds. The molecule has 0 fully saturated rings. The van der Waals surface area contributed by atoms with Crippen molar-refractivity contribution >= 4 is 52.4 Å². The number of halogens is 4. The molecule has 0 spiro atoms. The minimum Gasteiger partial charge on any atom is -0.481 e. The van der Waals surface area contributed by atoms with Crippen LogP contribution in [-0.4, -0.2) is 11.1 Å². The molecule has 1 N–H and O–H groups in total. The first-order chi connectivity index (χ1) is 9.40. The summed E-state index contributed by atoms with van der Waals surface area (Å²) in [5.74, 6) is -1.90. The van der Waals surface area contributed by atoms with Gasteiger partial charge in [-0.2, -0.15) is 0 Å². The molecule has 0 aliphatic rings. The predicted molar refractivity (Wildman–Crippen MR) is 82.4 cm³/mol. The predicted octanol–water partition coefficient (Wildman–Crippen LogP) is 5.52. The second-order valence-corrected chi connectivity index (χ2v) is 5.75. The minimum atomic E-state index is -1.01. The first-order valence-corrected chi connectivity index (χ1v) is 7.04. The van der Waals surface area contributed by atoms with E-state index in [0.29, 0.717) is 31.2 Å². The molecule has 0 aliphatic heterocycles. The molecule has 20 heavy (non-hydrogen) atoms. The number of rotatable bonds is 3. The Morgan fingerprint density at radius 3 is 1.50 bits per heavy atom. The summed E-state index contributed by atoms with van der Waals surface area (Å²) >= 11 is 23.5. The van der Waals surface area contributed by atoms with Crippen molar-refractivity contribution in [3.05, 3.63) is 67.6 Å². The molecule has 2 aromatic carbocycles. The van der Waals surface area contributed by atoms with Crippen LogP contribution in [0.2, 0.25) is 20.1 Å². The zero-order chi connectivity index (χ0) is 14.9. The lowest BCUT2D eigenvalue weighted by atomic mass is 9.91. The van der Waals surface area contributed by atoms with Crippen LogP contribution in [0.1, 0.15) is 17.0 Å². The van der Waals surface area contributed by atoms with E-state index in [1.165, 1.54) is 12.1 Å². The van der Waals surface area contributed by atoms with Crippen molar-refractivity contribution in [1.29, 1.82) is 0 Å². The molecule has 2 aromatic rings. The van der Waals surface area contributed by atoms with Gasteiger partial charge < -0.3 is 5.11 Å². The molecule has 0 atom stereocenters. The monoisotopic (exact) mass is 348 g/mol. The fourth-order valence-electron chi connectivity index (χ4n) is 1.86. The third-order valence-corrected chi connectivity index (χ3v) is 4.28. The highest BCUT2D eigenvalue weighted by Crippen LogP contribution is 2.33. The highest BCUT2D eigenvalue weighted by molar-refractivity contribution is 6.42. The van der Waals surface area contributed by atoms with Crippen LogP contribution < -0.4 is 0 Å². The quantitative estimate of drug-likeness (QED) is 0.792. The molecule has 6 heteroatoms. The first kappa shape index (κ1) is 15.5. The third kappa shape index (κ3) is 3.21. The number of benzene rings is 2. The van der Waals surface area contributed by atoms with Crippen molar-refractivity contribution in [2.24, 2.45) is 0 Å². The normalized spacial score (nSPS) is 10.8. The maximum absolute atomic E-state index is 11.5. The molecule has 0 unspecified atom stereocenters. The molecule has 0 saturated carbocycles. The van der Waals surface area contributed by atoms with Gasteiger partial charge in [0.15, 0.2) is 0 Å². The highest BCUT2D eigenvalue weighted by atomic mass is 35.5. The lowest BCUT2D eigenvalue weighted by Crippen LogP contribution is -2.13. The Labute approximate surface area is 135 Å². The average molecular weight is 350 g/mol. The lowest BCUT2D eigenvalue weighted by molar-refractivity contribution is -0.137. The van der Waals surface area contributed by atoms with E-state index in [1.807, 2.05) is 0 Å². The Kier molecular flexibility index (Phi) is 4.82. The summed E-state index contributed by atoms with van der Waals surface area (Å²) in [6.07, 6.45) is 0. The topological polar surface area (TPSA) is 37.3 Å². The number of carboxylic acids is 1. The SMILES string of the molecule is O=C(O)C(c1ccc(Cl)c(Cl)c1)c1ccc(Cl)c(Cl)c1. The zero-order valence-electron chi connectivity index (χ0n) is 9.91. The molecule has 104 valence electrons. The summed E-state index contributed by atoms with van der Waals surface area (Å²) in [6.45, 7) is 0. The van der Waals surface area contributed by atoms with E-state index in [1.54, 1.807) is 24.3 Å². The van der Waals surface area contributed by atoms with Gasteiger partial charge in [-0.3, -0.25) is 4.79 Å². The van der Waals surface area contributed by atoms with Crippen molar-refractivity contribution in [1.82, 2.24) is 0 Å². The van der Waals surface area contributed by atoms with Gasteiger partial charge in [-0.25, -0.2) is 0 Å². The number of hydrogen-bond donors (Lipinski definition) is 1. The van der Waals surface area contributed by atoms with Crippen LogP contribution in [-0.2, 0) is 4.79 Å². The smallest absolute Gasteiger partial charge is 0.315 e. The maximum Gasteiger partial charge on any atom is 0.315 e. The maximum atomic E-state index is 11.5. The fourth-order valence-corrected chi connectivity index (χ4v) is 2.47. The van der Waals surface area contributed by atoms with Gasteiger partial charge in [-0.15, -0.1) is 0 Å². The second-order valence-electron chi connectivity index (χ2n) is 4.12. The summed E-state index contributed by atoms with van der Waals surface area (Å²) < 4.78 is 0. The second kappa shape index (κ2) is 6.23. The molecule has 2 nitrogen and oxygen atoms in total. The van der Waals surface area contributed by atoms with Gasteiger partial charge in [0, 0.05) is 0 Å². The minimum absolute atomic E-state index is 0.301. The van der Waals surface area contributed by atoms with Crippen LogP contribution in [0.3, 0.4) is 0 Å². The van der Waals surface area contributed by atoms with Crippen molar-refractivity contribution in [2.45, 2.75) is 5.92 Å². The van der Waals surface area contributed by atoms with Gasteiger partial charge in [0.2, 0.25) is 0 Å². The van der Waals surface area contributed by atoms with Gasteiger partial charge in [-0.05, 0) is 35.4 Å². The Morgan fingerprint density at radius 1 is 0.800 bits per heavy atom. The summed E-state index contributed by atoms with van der Waals surface area (Å²) in [7, 11) is 0. The molecular formula is C14H8Cl4O2. The van der Waals surface area contributed by atoms with E-state index in [-0.39, 0.29) is 0 Å². The Balaban J connectivity index is 2.53. The summed E-state index contributed by atoms with van der Waals surface area (Å²) in [5.41, 5.74) is 1.04. The number of carboxylic acid groups (broad SMARTS) is 1. The molecule has 0 heterocycles.